The molecule has 0 spiro atoms. The average molecular weight is 376 g/mol. The molecule has 0 unspecified atom stereocenters. The molecule has 0 atom stereocenters. The number of rotatable bonds is 5. The number of aromatic nitrogens is 3. The molecular formula is C10H12N6O6S2. The summed E-state index contributed by atoms with van der Waals surface area (Å²) in [5.41, 5.74) is 5.08. The summed E-state index contributed by atoms with van der Waals surface area (Å²) in [7, 11) is -7.81. The van der Waals surface area contributed by atoms with Crippen molar-refractivity contribution in [2.75, 3.05) is 23.4 Å². The summed E-state index contributed by atoms with van der Waals surface area (Å²) in [6.45, 7) is 0. The van der Waals surface area contributed by atoms with E-state index < -0.39 is 30.0 Å². The predicted molar refractivity (Wildman–Crippen MR) is 83.1 cm³/mol. The van der Waals surface area contributed by atoms with Crippen LogP contribution in [0.1, 0.15) is 0 Å². The van der Waals surface area contributed by atoms with Gasteiger partial charge in [-0.2, -0.15) is 31.8 Å². The van der Waals surface area contributed by atoms with E-state index >= 15 is 0 Å². The number of nitrogens with one attached hydrogen (secondary N) is 2. The third-order valence-electron chi connectivity index (χ3n) is 2.65. The fourth-order valence-corrected chi connectivity index (χ4v) is 2.81. The Bertz CT molecular complexity index is 991. The van der Waals surface area contributed by atoms with Crippen LogP contribution in [0.15, 0.2) is 28.0 Å². The Morgan fingerprint density at radius 1 is 1.00 bits per heavy atom. The van der Waals surface area contributed by atoms with E-state index in [9.17, 15) is 21.4 Å². The van der Waals surface area contributed by atoms with E-state index in [0.29, 0.717) is 0 Å². The molecule has 0 fully saturated rings. The Morgan fingerprint density at radius 2 is 1.62 bits per heavy atom. The molecule has 0 aliphatic heterocycles. The molecule has 12 nitrogen and oxygen atoms in total. The number of nitrogens with zero attached hydrogens (tertiary/aromatic N) is 3. The van der Waals surface area contributed by atoms with Gasteiger partial charge in [-0.1, -0.05) is 0 Å². The van der Waals surface area contributed by atoms with Crippen LogP contribution in [0.25, 0.3) is 0 Å². The van der Waals surface area contributed by atoms with Gasteiger partial charge in [-0.25, -0.2) is 0 Å². The third-order valence-corrected chi connectivity index (χ3v) is 4.41. The molecule has 1 heterocycles. The third kappa shape index (κ3) is 4.05. The van der Waals surface area contributed by atoms with Crippen LogP contribution in [0, 0.1) is 0 Å². The molecule has 0 aliphatic carbocycles. The highest BCUT2D eigenvalue weighted by atomic mass is 32.2. The molecule has 0 saturated heterocycles. The Hall–Kier alpha value is -2.55. The first-order valence-corrected chi connectivity index (χ1v) is 8.94. The monoisotopic (exact) mass is 376 g/mol. The van der Waals surface area contributed by atoms with Crippen LogP contribution in [0.5, 0.6) is 0 Å². The zero-order valence-corrected chi connectivity index (χ0v) is 13.6. The minimum atomic E-state index is -4.70. The number of nitrogen functional groups attached to an aromatic ring is 1. The number of benzene rings is 1. The summed E-state index contributed by atoms with van der Waals surface area (Å²) >= 11 is 0. The summed E-state index contributed by atoms with van der Waals surface area (Å²) in [6, 6.07) is 2.40. The first-order chi connectivity index (χ1) is 11.0. The van der Waals surface area contributed by atoms with E-state index in [0.717, 1.165) is 18.2 Å². The maximum absolute atomic E-state index is 11.4. The normalized spacial score (nSPS) is 12.0. The van der Waals surface area contributed by atoms with Crippen LogP contribution in [0.4, 0.5) is 23.5 Å². The first kappa shape index (κ1) is 17.8. The molecule has 1 aromatic carbocycles. The molecule has 0 amide bonds. The molecule has 0 bridgehead atoms. The smallest absolute Gasteiger partial charge is 0.296 e. The highest BCUT2D eigenvalue weighted by molar-refractivity contribution is 7.86. The average Bonchev–Trinajstić information content (AvgIpc) is 2.44. The van der Waals surface area contributed by atoms with Gasteiger partial charge in [0.05, 0.1) is 10.6 Å². The van der Waals surface area contributed by atoms with Crippen LogP contribution in [-0.4, -0.2) is 47.9 Å². The van der Waals surface area contributed by atoms with Gasteiger partial charge in [0.1, 0.15) is 4.90 Å². The van der Waals surface area contributed by atoms with Gasteiger partial charge in [-0.3, -0.25) is 9.11 Å². The molecule has 2 rings (SSSR count). The van der Waals surface area contributed by atoms with Gasteiger partial charge in [0.15, 0.2) is 0 Å². The Labute approximate surface area is 136 Å². The quantitative estimate of drug-likeness (QED) is 0.429. The number of hydrogen-bond donors (Lipinski definition) is 5. The highest BCUT2D eigenvalue weighted by Crippen LogP contribution is 2.27. The van der Waals surface area contributed by atoms with Gasteiger partial charge in [0.25, 0.3) is 20.2 Å². The fraction of sp³-hybridized carbons (Fsp3) is 0.100. The molecule has 6 N–H and O–H groups in total. The van der Waals surface area contributed by atoms with Crippen molar-refractivity contribution in [1.82, 2.24) is 15.0 Å². The van der Waals surface area contributed by atoms with Gasteiger partial charge in [0.2, 0.25) is 17.8 Å². The van der Waals surface area contributed by atoms with Crippen LogP contribution in [0.2, 0.25) is 0 Å². The minimum absolute atomic E-state index is 0.0596. The lowest BCUT2D eigenvalue weighted by Gasteiger charge is -2.11. The number of hydrogen-bond acceptors (Lipinski definition) is 10. The van der Waals surface area contributed by atoms with Crippen molar-refractivity contribution < 1.29 is 25.9 Å². The van der Waals surface area contributed by atoms with Gasteiger partial charge in [-0.15, -0.1) is 0 Å². The zero-order chi connectivity index (χ0) is 18.1. The summed E-state index contributed by atoms with van der Waals surface area (Å²) in [5, 5.41) is 5.00. The molecule has 130 valence electrons. The number of anilines is 4. The van der Waals surface area contributed by atoms with E-state index in [1.54, 1.807) is 0 Å². The topological polar surface area (TPSA) is 197 Å². The first-order valence-electron chi connectivity index (χ1n) is 6.06. The maximum atomic E-state index is 11.4. The van der Waals surface area contributed by atoms with E-state index in [-0.39, 0.29) is 23.5 Å². The van der Waals surface area contributed by atoms with Crippen molar-refractivity contribution in [3.8, 4) is 0 Å². The van der Waals surface area contributed by atoms with Gasteiger partial charge in [0, 0.05) is 7.05 Å². The van der Waals surface area contributed by atoms with E-state index in [2.05, 4.69) is 25.6 Å². The molecule has 2 aromatic rings. The Balaban J connectivity index is 2.61. The summed E-state index contributed by atoms with van der Waals surface area (Å²) in [5.74, 6) is -0.357. The molecule has 14 heteroatoms. The molecule has 24 heavy (non-hydrogen) atoms. The van der Waals surface area contributed by atoms with Gasteiger partial charge in [-0.05, 0) is 18.2 Å². The molecular weight excluding hydrogens is 364 g/mol. The van der Waals surface area contributed by atoms with Crippen LogP contribution in [0.3, 0.4) is 0 Å². The van der Waals surface area contributed by atoms with Crippen molar-refractivity contribution in [2.24, 2.45) is 0 Å². The summed E-state index contributed by atoms with van der Waals surface area (Å²) in [6.07, 6.45) is 0. The summed E-state index contributed by atoms with van der Waals surface area (Å²) < 4.78 is 63.5. The van der Waals surface area contributed by atoms with Crippen molar-refractivity contribution in [1.29, 1.82) is 0 Å². The second-order valence-corrected chi connectivity index (χ2v) is 7.14. The van der Waals surface area contributed by atoms with Crippen molar-refractivity contribution in [2.45, 2.75) is 9.79 Å². The lowest BCUT2D eigenvalue weighted by molar-refractivity contribution is 0.479. The zero-order valence-electron chi connectivity index (χ0n) is 12.0. The standard InChI is InChI=1S/C10H12N6O6S2/c1-12-9-14-8(11)15-10(16-9)13-6-4-5(23(17,18)19)2-3-7(6)24(20,21)22/h2-4H,1H3,(H,17,18,19)(H,20,21,22)(H4,11,12,13,14,15,16). The second-order valence-electron chi connectivity index (χ2n) is 4.32. The largest absolute Gasteiger partial charge is 0.368 e. The fourth-order valence-electron chi connectivity index (χ4n) is 1.67. The molecule has 1 aromatic heterocycles. The lowest BCUT2D eigenvalue weighted by atomic mass is 10.3. The maximum Gasteiger partial charge on any atom is 0.296 e. The van der Waals surface area contributed by atoms with E-state index in [4.69, 9.17) is 10.3 Å². The second kappa shape index (κ2) is 6.16. The van der Waals surface area contributed by atoms with Gasteiger partial charge >= 0.3 is 0 Å². The van der Waals surface area contributed by atoms with Crippen molar-refractivity contribution in [3.05, 3.63) is 18.2 Å². The molecule has 0 radical (unpaired) electrons. The summed E-state index contributed by atoms with van der Waals surface area (Å²) in [4.78, 5) is 10.0. The van der Waals surface area contributed by atoms with Crippen LogP contribution >= 0.6 is 0 Å². The van der Waals surface area contributed by atoms with E-state index in [1.165, 1.54) is 7.05 Å². The minimum Gasteiger partial charge on any atom is -0.368 e. The van der Waals surface area contributed by atoms with E-state index in [1.807, 2.05) is 0 Å². The van der Waals surface area contributed by atoms with Gasteiger partial charge < -0.3 is 16.4 Å². The van der Waals surface area contributed by atoms with Crippen molar-refractivity contribution >= 4 is 43.8 Å². The molecule has 0 saturated carbocycles. The Morgan fingerprint density at radius 3 is 2.17 bits per heavy atom. The Kier molecular flexibility index (Phi) is 4.57. The van der Waals surface area contributed by atoms with Crippen molar-refractivity contribution in [3.63, 3.8) is 0 Å². The molecule has 0 aliphatic rings. The lowest BCUT2D eigenvalue weighted by Crippen LogP contribution is -2.10. The SMILES string of the molecule is CNc1nc(N)nc(Nc2cc(S(=O)(=O)O)ccc2S(=O)(=O)O)n1. The predicted octanol–water partition coefficient (Wildman–Crippen LogP) is -0.267. The highest BCUT2D eigenvalue weighted by Gasteiger charge is 2.20. The van der Waals surface area contributed by atoms with Crippen LogP contribution < -0.4 is 16.4 Å². The number of nitrogens with two attached hydrogens (primary N) is 1. The van der Waals surface area contributed by atoms with Crippen LogP contribution in [-0.2, 0) is 20.2 Å².